The summed E-state index contributed by atoms with van der Waals surface area (Å²) in [6, 6.07) is 0. The maximum absolute atomic E-state index is 8.08. The van der Waals surface area contributed by atoms with Crippen molar-refractivity contribution in [1.29, 1.82) is 0 Å². The topological polar surface area (TPSA) is 68.2 Å². The van der Waals surface area contributed by atoms with Gasteiger partial charge in [-0.1, -0.05) is 0 Å². The van der Waals surface area contributed by atoms with E-state index in [1.54, 1.807) is 0 Å². The van der Waals surface area contributed by atoms with Gasteiger partial charge in [-0.25, -0.2) is 0 Å². The molecule has 6 heteroatoms. The zero-order valence-electron chi connectivity index (χ0n) is 11.4. The summed E-state index contributed by atoms with van der Waals surface area (Å²) in [5.74, 6) is -1.26. The van der Waals surface area contributed by atoms with Crippen LogP contribution in [0.25, 0.3) is 0 Å². The van der Waals surface area contributed by atoms with Crippen molar-refractivity contribution in [2.24, 2.45) is 0 Å². The average molecular weight is 280 g/mol. The molecule has 2 fully saturated rings. The third kappa shape index (κ3) is 5.42. The smallest absolute Gasteiger partial charge is 0.163 e. The Kier molecular flexibility index (Phi) is 5.46. The van der Waals surface area contributed by atoms with E-state index in [-0.39, 0.29) is 18.3 Å². The second-order valence-corrected chi connectivity index (χ2v) is 5.88. The van der Waals surface area contributed by atoms with Gasteiger partial charge in [0.1, 0.15) is 6.10 Å². The van der Waals surface area contributed by atoms with Gasteiger partial charge in [-0.05, 0) is 34.1 Å². The van der Waals surface area contributed by atoms with E-state index in [0.29, 0.717) is 5.75 Å². The maximum Gasteiger partial charge on any atom is 0.163 e. The van der Waals surface area contributed by atoms with Gasteiger partial charge in [0.25, 0.3) is 0 Å². The Balaban J connectivity index is 0.000000280. The minimum absolute atomic E-state index is 0.0706. The van der Waals surface area contributed by atoms with Gasteiger partial charge in [0.05, 0.1) is 12.2 Å². The summed E-state index contributed by atoms with van der Waals surface area (Å²) >= 11 is 4.24. The van der Waals surface area contributed by atoms with E-state index in [9.17, 15) is 0 Å². The lowest BCUT2D eigenvalue weighted by Gasteiger charge is -2.30. The molecule has 0 spiro atoms. The highest BCUT2D eigenvalue weighted by Crippen LogP contribution is 2.35. The van der Waals surface area contributed by atoms with Gasteiger partial charge in [0.15, 0.2) is 11.6 Å². The average Bonchev–Trinajstić information content (AvgIpc) is 2.48. The molecule has 2 heterocycles. The first-order valence-corrected chi connectivity index (χ1v) is 6.78. The Bertz CT molecular complexity index is 258. The van der Waals surface area contributed by atoms with Crippen molar-refractivity contribution in [2.75, 3.05) is 12.4 Å². The lowest BCUT2D eigenvalue weighted by Crippen LogP contribution is -2.43. The molecule has 0 radical (unpaired) electrons. The van der Waals surface area contributed by atoms with Crippen LogP contribution in [-0.4, -0.2) is 52.5 Å². The number of aliphatic hydroxyl groups is 2. The van der Waals surface area contributed by atoms with Crippen LogP contribution in [0.4, 0.5) is 0 Å². The first-order valence-electron chi connectivity index (χ1n) is 6.15. The van der Waals surface area contributed by atoms with Crippen LogP contribution in [0.1, 0.15) is 34.1 Å². The molecule has 0 aromatic heterocycles. The van der Waals surface area contributed by atoms with Crippen molar-refractivity contribution in [2.45, 2.75) is 64.0 Å². The molecule has 2 N–H and O–H groups in total. The largest absolute Gasteiger partial charge is 0.374 e. The lowest BCUT2D eigenvalue weighted by molar-refractivity contribution is -0.151. The summed E-state index contributed by atoms with van der Waals surface area (Å²) < 4.78 is 17.1. The third-order valence-electron chi connectivity index (χ3n) is 2.50. The molecule has 0 aromatic rings. The zero-order valence-corrected chi connectivity index (χ0v) is 12.3. The normalized spacial score (nSPS) is 34.5. The molecule has 3 atom stereocenters. The van der Waals surface area contributed by atoms with Crippen molar-refractivity contribution in [3.05, 3.63) is 0 Å². The van der Waals surface area contributed by atoms with E-state index in [2.05, 4.69) is 12.6 Å². The van der Waals surface area contributed by atoms with Gasteiger partial charge in [-0.3, -0.25) is 0 Å². The minimum atomic E-state index is -1.50. The molecule has 5 nitrogen and oxygen atoms in total. The predicted octanol–water partition coefficient (Wildman–Crippen LogP) is 0.932. The van der Waals surface area contributed by atoms with E-state index >= 15 is 0 Å². The van der Waals surface area contributed by atoms with Crippen LogP contribution in [0.5, 0.6) is 0 Å². The summed E-state index contributed by atoms with van der Waals surface area (Å²) in [6.07, 6.45) is 1.28. The molecule has 0 aromatic carbocycles. The van der Waals surface area contributed by atoms with Crippen LogP contribution in [0.2, 0.25) is 0 Å². The van der Waals surface area contributed by atoms with Crippen LogP contribution in [0, 0.1) is 0 Å². The van der Waals surface area contributed by atoms with Crippen LogP contribution in [-0.2, 0) is 14.2 Å². The van der Waals surface area contributed by atoms with E-state index < -0.39 is 11.6 Å². The summed E-state index contributed by atoms with van der Waals surface area (Å²) in [5.41, 5.74) is 0. The fraction of sp³-hybridized carbons (Fsp3) is 1.00. The summed E-state index contributed by atoms with van der Waals surface area (Å²) in [4.78, 5) is 0. The number of hydrogen-bond acceptors (Lipinski definition) is 6. The number of hydrogen-bond donors (Lipinski definition) is 3. The molecule has 0 bridgehead atoms. The highest BCUT2D eigenvalue weighted by Gasteiger charge is 2.46. The summed E-state index contributed by atoms with van der Waals surface area (Å²) in [5, 5.41) is 16.2. The fourth-order valence-electron chi connectivity index (χ4n) is 1.99. The molecular weight excluding hydrogens is 256 g/mol. The first-order chi connectivity index (χ1) is 8.12. The minimum Gasteiger partial charge on any atom is -0.374 e. The Morgan fingerprint density at radius 1 is 1.28 bits per heavy atom. The van der Waals surface area contributed by atoms with Crippen molar-refractivity contribution in [3.8, 4) is 0 Å². The standard InChI is InChI=1S/C9H16O3S.C3H8O2/c1-9(2)11-6-3-4-10-7(5-13)8(6)12-9;1-3(2,4)5/h6-8,13H,3-5H2,1-2H3;4-5H,1-2H3/t6?,7-,8?;/m1./s1. The second-order valence-electron chi connectivity index (χ2n) is 5.51. The van der Waals surface area contributed by atoms with Gasteiger partial charge in [0, 0.05) is 12.4 Å². The molecule has 108 valence electrons. The van der Waals surface area contributed by atoms with E-state index in [0.717, 1.165) is 13.0 Å². The quantitative estimate of drug-likeness (QED) is 0.492. The van der Waals surface area contributed by atoms with Gasteiger partial charge in [0.2, 0.25) is 0 Å². The second kappa shape index (κ2) is 6.07. The molecule has 2 unspecified atom stereocenters. The van der Waals surface area contributed by atoms with Crippen LogP contribution < -0.4 is 0 Å². The highest BCUT2D eigenvalue weighted by molar-refractivity contribution is 7.80. The van der Waals surface area contributed by atoms with Gasteiger partial charge >= 0.3 is 0 Å². The van der Waals surface area contributed by atoms with Crippen LogP contribution >= 0.6 is 12.6 Å². The van der Waals surface area contributed by atoms with Crippen LogP contribution in [0.3, 0.4) is 0 Å². The molecule has 0 amide bonds. The molecule has 0 aliphatic carbocycles. The predicted molar refractivity (Wildman–Crippen MR) is 70.6 cm³/mol. The number of rotatable bonds is 1. The Labute approximate surface area is 114 Å². The molecular formula is C12H24O5S. The van der Waals surface area contributed by atoms with E-state index in [4.69, 9.17) is 24.4 Å². The van der Waals surface area contributed by atoms with Gasteiger partial charge < -0.3 is 24.4 Å². The fourth-order valence-corrected chi connectivity index (χ4v) is 2.30. The van der Waals surface area contributed by atoms with Crippen molar-refractivity contribution >= 4 is 12.6 Å². The monoisotopic (exact) mass is 280 g/mol. The molecule has 2 saturated heterocycles. The molecule has 2 aliphatic rings. The van der Waals surface area contributed by atoms with Crippen molar-refractivity contribution in [1.82, 2.24) is 0 Å². The number of ether oxygens (including phenoxy) is 3. The van der Waals surface area contributed by atoms with E-state index in [1.807, 2.05) is 13.8 Å². The molecule has 18 heavy (non-hydrogen) atoms. The molecule has 2 rings (SSSR count). The van der Waals surface area contributed by atoms with Crippen molar-refractivity contribution in [3.63, 3.8) is 0 Å². The van der Waals surface area contributed by atoms with Crippen LogP contribution in [0.15, 0.2) is 0 Å². The highest BCUT2D eigenvalue weighted by atomic mass is 32.1. The number of thiol groups is 1. The summed E-state index contributed by atoms with van der Waals surface area (Å²) in [6.45, 7) is 7.24. The molecule has 2 aliphatic heterocycles. The Morgan fingerprint density at radius 2 is 1.83 bits per heavy atom. The number of fused-ring (bicyclic) bond motifs is 1. The summed E-state index contributed by atoms with van der Waals surface area (Å²) in [7, 11) is 0. The third-order valence-corrected chi connectivity index (χ3v) is 2.86. The van der Waals surface area contributed by atoms with Gasteiger partial charge in [-0.15, -0.1) is 0 Å². The SMILES string of the molecule is CC(C)(O)O.CC1(C)OC2CCO[C@H](CS)C2O1. The maximum atomic E-state index is 8.08. The van der Waals surface area contributed by atoms with Gasteiger partial charge in [-0.2, -0.15) is 12.6 Å². The first kappa shape index (κ1) is 16.2. The molecule has 0 saturated carbocycles. The lowest BCUT2D eigenvalue weighted by atomic mass is 10.0. The zero-order chi connectivity index (χ0) is 14.0. The Morgan fingerprint density at radius 3 is 2.33 bits per heavy atom. The Hall–Kier alpha value is 0.150. The van der Waals surface area contributed by atoms with Crippen molar-refractivity contribution < 1.29 is 24.4 Å². The van der Waals surface area contributed by atoms with E-state index in [1.165, 1.54) is 13.8 Å².